The summed E-state index contributed by atoms with van der Waals surface area (Å²) >= 11 is 3.45. The molecule has 124 valence electrons. The minimum Gasteiger partial charge on any atom is -0.462 e. The molecule has 0 aromatic carbocycles. The van der Waals surface area contributed by atoms with E-state index in [-0.39, 0.29) is 11.5 Å². The van der Waals surface area contributed by atoms with Crippen LogP contribution >= 0.6 is 15.9 Å². The van der Waals surface area contributed by atoms with Crippen LogP contribution in [0.3, 0.4) is 0 Å². The summed E-state index contributed by atoms with van der Waals surface area (Å²) in [4.78, 5) is 24.3. The van der Waals surface area contributed by atoms with Gasteiger partial charge in [-0.2, -0.15) is 0 Å². The molecular weight excluding hydrogens is 346 g/mol. The van der Waals surface area contributed by atoms with E-state index in [2.05, 4.69) is 15.9 Å². The first-order valence-electron chi connectivity index (χ1n) is 7.58. The van der Waals surface area contributed by atoms with Crippen molar-refractivity contribution < 1.29 is 9.53 Å². The van der Waals surface area contributed by atoms with Crippen molar-refractivity contribution in [2.45, 2.75) is 48.0 Å². The lowest BCUT2D eigenvalue weighted by molar-refractivity contribution is -0.136. The molecule has 0 amide bonds. The highest BCUT2D eigenvalue weighted by Gasteiger charge is 2.22. The lowest BCUT2D eigenvalue weighted by atomic mass is 9.96. The van der Waals surface area contributed by atoms with Crippen LogP contribution in [-0.4, -0.2) is 17.1 Å². The van der Waals surface area contributed by atoms with E-state index < -0.39 is 0 Å². The van der Waals surface area contributed by atoms with E-state index in [1.54, 1.807) is 27.1 Å². The number of hydrogen-bond acceptors (Lipinski definition) is 3. The van der Waals surface area contributed by atoms with E-state index in [1.165, 1.54) is 4.57 Å². The third-order valence-corrected chi connectivity index (χ3v) is 3.85. The summed E-state index contributed by atoms with van der Waals surface area (Å²) in [6, 6.07) is 0. The van der Waals surface area contributed by atoms with Crippen molar-refractivity contribution >= 4 is 27.5 Å². The minimum atomic E-state index is -0.385. The molecule has 0 radical (unpaired) electrons. The van der Waals surface area contributed by atoms with E-state index >= 15 is 0 Å². The summed E-state index contributed by atoms with van der Waals surface area (Å²) < 4.78 is 7.34. The molecule has 0 aliphatic carbocycles. The molecule has 0 spiro atoms. The quantitative estimate of drug-likeness (QED) is 0.587. The number of esters is 1. The number of nitrogens with zero attached hydrogens (tertiary/aromatic N) is 1. The van der Waals surface area contributed by atoms with Gasteiger partial charge >= 0.3 is 5.97 Å². The summed E-state index contributed by atoms with van der Waals surface area (Å²) in [5.74, 6) is -0.385. The summed E-state index contributed by atoms with van der Waals surface area (Å²) in [7, 11) is 1.68. The summed E-state index contributed by atoms with van der Waals surface area (Å²) in [6.07, 6.45) is 2.39. The molecule has 1 heterocycles. The number of aromatic nitrogens is 1. The number of rotatable bonds is 4. The van der Waals surface area contributed by atoms with E-state index in [9.17, 15) is 9.59 Å². The molecule has 0 N–H and O–H groups in total. The Hall–Kier alpha value is -1.36. The highest BCUT2D eigenvalue weighted by molar-refractivity contribution is 9.10. The Morgan fingerprint density at radius 3 is 2.32 bits per heavy atom. The minimum absolute atomic E-state index is 0.117. The van der Waals surface area contributed by atoms with Crippen molar-refractivity contribution in [2.75, 3.05) is 6.61 Å². The zero-order valence-corrected chi connectivity index (χ0v) is 16.1. The maximum Gasteiger partial charge on any atom is 0.338 e. The van der Waals surface area contributed by atoms with E-state index in [0.29, 0.717) is 27.8 Å². The Bertz CT molecular complexity index is 615. The van der Waals surface area contributed by atoms with Gasteiger partial charge in [0.15, 0.2) is 0 Å². The van der Waals surface area contributed by atoms with Gasteiger partial charge in [0.2, 0.25) is 0 Å². The van der Waals surface area contributed by atoms with Gasteiger partial charge in [0.05, 0.1) is 12.2 Å². The van der Waals surface area contributed by atoms with Gasteiger partial charge < -0.3 is 9.30 Å². The molecule has 0 unspecified atom stereocenters. The molecule has 0 saturated carbocycles. The topological polar surface area (TPSA) is 48.3 Å². The lowest BCUT2D eigenvalue weighted by Gasteiger charge is -2.15. The third kappa shape index (κ3) is 4.57. The van der Waals surface area contributed by atoms with Crippen molar-refractivity contribution in [3.63, 3.8) is 0 Å². The smallest absolute Gasteiger partial charge is 0.338 e. The molecule has 1 rings (SSSR count). The van der Waals surface area contributed by atoms with Crippen LogP contribution in [0.2, 0.25) is 0 Å². The number of ether oxygens (including phenoxy) is 1. The monoisotopic (exact) mass is 371 g/mol. The Morgan fingerprint density at radius 1 is 1.32 bits per heavy atom. The second-order valence-corrected chi connectivity index (χ2v) is 5.48. The Kier molecular flexibility index (Phi) is 9.02. The molecule has 0 aliphatic rings. The van der Waals surface area contributed by atoms with Crippen molar-refractivity contribution in [1.82, 2.24) is 4.57 Å². The van der Waals surface area contributed by atoms with Crippen molar-refractivity contribution in [2.24, 2.45) is 7.05 Å². The van der Waals surface area contributed by atoms with Gasteiger partial charge in [-0.3, -0.25) is 4.79 Å². The molecule has 0 aliphatic heterocycles. The number of hydrogen-bond donors (Lipinski definition) is 0. The van der Waals surface area contributed by atoms with Gasteiger partial charge in [-0.15, -0.1) is 0 Å². The number of carbonyl (C=O) groups excluding carboxylic acids is 1. The molecule has 0 fully saturated rings. The summed E-state index contributed by atoms with van der Waals surface area (Å²) in [6.45, 7) is 11.7. The highest BCUT2D eigenvalue weighted by Crippen LogP contribution is 2.30. The van der Waals surface area contributed by atoms with Gasteiger partial charge in [0.25, 0.3) is 5.56 Å². The van der Waals surface area contributed by atoms with Crippen molar-refractivity contribution in [3.8, 4) is 0 Å². The van der Waals surface area contributed by atoms with Gasteiger partial charge in [-0.05, 0) is 43.1 Å². The fourth-order valence-electron chi connectivity index (χ4n) is 2.02. The van der Waals surface area contributed by atoms with Gasteiger partial charge in [0.1, 0.15) is 0 Å². The molecular formula is C17H26BrNO3. The molecule has 4 nitrogen and oxygen atoms in total. The van der Waals surface area contributed by atoms with Crippen LogP contribution in [0.1, 0.15) is 52.2 Å². The first-order valence-corrected chi connectivity index (χ1v) is 8.37. The maximum atomic E-state index is 12.2. The maximum absolute atomic E-state index is 12.2. The van der Waals surface area contributed by atoms with Crippen LogP contribution in [0.5, 0.6) is 0 Å². The van der Waals surface area contributed by atoms with E-state index in [1.807, 2.05) is 27.7 Å². The zero-order chi connectivity index (χ0) is 17.4. The molecule has 1 aromatic rings. The van der Waals surface area contributed by atoms with Crippen molar-refractivity contribution in [3.05, 3.63) is 37.7 Å². The molecule has 0 bridgehead atoms. The molecule has 5 heteroatoms. The molecule has 1 aromatic heterocycles. The van der Waals surface area contributed by atoms with Crippen LogP contribution in [-0.2, 0) is 16.6 Å². The molecule has 0 saturated heterocycles. The highest BCUT2D eigenvalue weighted by atomic mass is 79.9. The zero-order valence-electron chi connectivity index (χ0n) is 14.5. The predicted octanol–water partition coefficient (Wildman–Crippen LogP) is 4.23. The second-order valence-electron chi connectivity index (χ2n) is 4.62. The number of pyridine rings is 1. The predicted molar refractivity (Wildman–Crippen MR) is 95.0 cm³/mol. The second kappa shape index (κ2) is 9.62. The fourth-order valence-corrected chi connectivity index (χ4v) is 2.82. The van der Waals surface area contributed by atoms with Gasteiger partial charge in [0, 0.05) is 28.8 Å². The van der Waals surface area contributed by atoms with E-state index in [4.69, 9.17) is 4.74 Å². The third-order valence-electron chi connectivity index (χ3n) is 3.25. The van der Waals surface area contributed by atoms with Crippen LogP contribution in [0.25, 0.3) is 5.57 Å². The summed E-state index contributed by atoms with van der Waals surface area (Å²) in [5, 5.41) is 0. The number of allylic oxidation sites excluding steroid dienone is 1. The number of halogens is 1. The Balaban J connectivity index is 0.00000211. The first-order chi connectivity index (χ1) is 10.3. The lowest BCUT2D eigenvalue weighted by Crippen LogP contribution is -2.22. The average molecular weight is 372 g/mol. The Labute approximate surface area is 141 Å². The van der Waals surface area contributed by atoms with Crippen molar-refractivity contribution in [1.29, 1.82) is 0 Å². The molecule has 22 heavy (non-hydrogen) atoms. The van der Waals surface area contributed by atoms with Gasteiger partial charge in [-0.25, -0.2) is 4.79 Å². The van der Waals surface area contributed by atoms with Crippen LogP contribution < -0.4 is 5.56 Å². The number of carbonyl (C=O) groups is 1. The first kappa shape index (κ1) is 20.6. The van der Waals surface area contributed by atoms with Crippen LogP contribution in [0.15, 0.2) is 21.0 Å². The summed E-state index contributed by atoms with van der Waals surface area (Å²) in [5.41, 5.74) is 2.44. The Morgan fingerprint density at radius 2 is 1.86 bits per heavy atom. The largest absolute Gasteiger partial charge is 0.462 e. The average Bonchev–Trinajstić information content (AvgIpc) is 2.50. The fraction of sp³-hybridized carbons (Fsp3) is 0.529. The van der Waals surface area contributed by atoms with Crippen LogP contribution in [0.4, 0.5) is 0 Å². The van der Waals surface area contributed by atoms with Crippen LogP contribution in [0, 0.1) is 6.92 Å². The van der Waals surface area contributed by atoms with E-state index in [0.717, 1.165) is 12.0 Å². The normalized spacial score (nSPS) is 11.3. The van der Waals surface area contributed by atoms with Gasteiger partial charge in [-0.1, -0.05) is 26.3 Å². The SMILES string of the molecule is CC.CCOC(=O)/C(=C(\C)CC)c1c(Br)cn(C)c(=O)c1C. The molecule has 0 atom stereocenters. The number of aryl methyl sites for hydroxylation is 1. The standard InChI is InChI=1S/C15H20BrNO3.C2H6/c1-6-9(3)12(15(19)20-7-2)13-10(4)14(18)17(5)8-11(13)16;1-2/h8H,6-7H2,1-5H3;1-2H3/b12-9+;.